The van der Waals surface area contributed by atoms with Gasteiger partial charge in [0, 0.05) is 24.0 Å². The molecule has 0 aromatic heterocycles. The highest BCUT2D eigenvalue weighted by molar-refractivity contribution is 6.02. The highest BCUT2D eigenvalue weighted by atomic mass is 16.6. The zero-order valence-corrected chi connectivity index (χ0v) is 16.5. The fourth-order valence-corrected chi connectivity index (χ4v) is 3.28. The normalized spacial score (nSPS) is 17.3. The Bertz CT molecular complexity index is 725. The maximum absolute atomic E-state index is 12.7. The molecule has 7 heteroatoms. The van der Waals surface area contributed by atoms with Crippen LogP contribution in [-0.2, 0) is 9.47 Å². The Kier molecular flexibility index (Phi) is 6.46. The Labute approximate surface area is 160 Å². The molecule has 0 spiro atoms. The van der Waals surface area contributed by atoms with Crippen LogP contribution in [0.3, 0.4) is 0 Å². The van der Waals surface area contributed by atoms with Crippen molar-refractivity contribution in [2.24, 2.45) is 0 Å². The van der Waals surface area contributed by atoms with E-state index in [1.165, 1.54) is 0 Å². The van der Waals surface area contributed by atoms with Gasteiger partial charge in [0.1, 0.15) is 5.60 Å². The second-order valence-corrected chi connectivity index (χ2v) is 7.58. The van der Waals surface area contributed by atoms with Crippen LogP contribution in [0, 0.1) is 5.41 Å². The molecule has 1 saturated heterocycles. The van der Waals surface area contributed by atoms with Crippen LogP contribution in [0.5, 0.6) is 0 Å². The average molecular weight is 375 g/mol. The van der Waals surface area contributed by atoms with Gasteiger partial charge in [0.15, 0.2) is 0 Å². The minimum Gasteiger partial charge on any atom is -0.462 e. The SMILES string of the molecule is CCOC(=O)c1ccc(C2CCCCN2C(=O)OC(C)(C)C)c(N)c1C=N. The number of esters is 1. The van der Waals surface area contributed by atoms with Crippen LogP contribution < -0.4 is 5.73 Å². The number of nitrogen functional groups attached to an aromatic ring is 1. The molecule has 27 heavy (non-hydrogen) atoms. The Hall–Kier alpha value is -2.57. The second kappa shape index (κ2) is 8.41. The van der Waals surface area contributed by atoms with Crippen LogP contribution in [0.1, 0.15) is 74.5 Å². The van der Waals surface area contributed by atoms with Crippen molar-refractivity contribution in [3.8, 4) is 0 Å². The predicted octanol–water partition coefficient (Wildman–Crippen LogP) is 3.91. The molecule has 1 aliphatic rings. The van der Waals surface area contributed by atoms with Crippen molar-refractivity contribution < 1.29 is 19.1 Å². The van der Waals surface area contributed by atoms with Gasteiger partial charge in [-0.15, -0.1) is 0 Å². The van der Waals surface area contributed by atoms with Gasteiger partial charge >= 0.3 is 12.1 Å². The van der Waals surface area contributed by atoms with E-state index in [2.05, 4.69) is 0 Å². The van der Waals surface area contributed by atoms with Gasteiger partial charge < -0.3 is 25.5 Å². The smallest absolute Gasteiger partial charge is 0.410 e. The van der Waals surface area contributed by atoms with E-state index in [0.29, 0.717) is 17.8 Å². The van der Waals surface area contributed by atoms with Gasteiger partial charge in [-0.05, 0) is 58.6 Å². The molecule has 3 N–H and O–H groups in total. The van der Waals surface area contributed by atoms with Gasteiger partial charge in [-0.25, -0.2) is 9.59 Å². The molecule has 7 nitrogen and oxygen atoms in total. The maximum Gasteiger partial charge on any atom is 0.410 e. The molecule has 1 amide bonds. The lowest BCUT2D eigenvalue weighted by atomic mass is 9.91. The number of ether oxygens (including phenoxy) is 2. The van der Waals surface area contributed by atoms with E-state index >= 15 is 0 Å². The summed E-state index contributed by atoms with van der Waals surface area (Å²) >= 11 is 0. The molecule has 1 unspecified atom stereocenters. The third kappa shape index (κ3) is 4.78. The Morgan fingerprint density at radius 2 is 2.04 bits per heavy atom. The molecule has 0 radical (unpaired) electrons. The van der Waals surface area contributed by atoms with Gasteiger partial charge in [0.05, 0.1) is 18.2 Å². The van der Waals surface area contributed by atoms with E-state index in [0.717, 1.165) is 31.0 Å². The molecular formula is C20H29N3O4. The predicted molar refractivity (Wildman–Crippen MR) is 104 cm³/mol. The summed E-state index contributed by atoms with van der Waals surface area (Å²) in [4.78, 5) is 26.5. The van der Waals surface area contributed by atoms with Crippen LogP contribution in [0.15, 0.2) is 12.1 Å². The van der Waals surface area contributed by atoms with Gasteiger partial charge in [-0.1, -0.05) is 6.07 Å². The number of benzene rings is 1. The van der Waals surface area contributed by atoms with Crippen LogP contribution in [0.4, 0.5) is 10.5 Å². The third-order valence-corrected chi connectivity index (χ3v) is 4.45. The first-order valence-corrected chi connectivity index (χ1v) is 9.29. The van der Waals surface area contributed by atoms with Crippen molar-refractivity contribution in [3.05, 3.63) is 28.8 Å². The quantitative estimate of drug-likeness (QED) is 0.471. The molecule has 1 fully saturated rings. The Balaban J connectivity index is 2.40. The molecule has 0 saturated carbocycles. The summed E-state index contributed by atoms with van der Waals surface area (Å²) in [5.41, 5.74) is 7.36. The Morgan fingerprint density at radius 1 is 1.33 bits per heavy atom. The van der Waals surface area contributed by atoms with E-state index in [4.69, 9.17) is 20.6 Å². The molecule has 1 aliphatic heterocycles. The summed E-state index contributed by atoms with van der Waals surface area (Å²) in [6.45, 7) is 8.05. The van der Waals surface area contributed by atoms with Gasteiger partial charge in [-0.2, -0.15) is 0 Å². The Morgan fingerprint density at radius 3 is 2.63 bits per heavy atom. The lowest BCUT2D eigenvalue weighted by Gasteiger charge is -2.37. The lowest BCUT2D eigenvalue weighted by Crippen LogP contribution is -2.42. The average Bonchev–Trinajstić information content (AvgIpc) is 2.60. The number of piperidine rings is 1. The number of carbonyl (C=O) groups is 2. The topological polar surface area (TPSA) is 106 Å². The van der Waals surface area contributed by atoms with E-state index in [1.807, 2.05) is 20.8 Å². The highest BCUT2D eigenvalue weighted by Crippen LogP contribution is 2.37. The summed E-state index contributed by atoms with van der Waals surface area (Å²) in [5, 5.41) is 7.70. The molecule has 0 aliphatic carbocycles. The second-order valence-electron chi connectivity index (χ2n) is 7.58. The number of rotatable bonds is 4. The molecule has 148 valence electrons. The number of likely N-dealkylation sites (tertiary alicyclic amines) is 1. The standard InChI is InChI=1S/C20H29N3O4/c1-5-26-18(24)13-9-10-14(17(22)15(13)12-21)16-8-6-7-11-23(16)19(25)27-20(2,3)4/h9-10,12,16,21H,5-8,11,22H2,1-4H3. The van der Waals surface area contributed by atoms with E-state index in [-0.39, 0.29) is 24.3 Å². The maximum atomic E-state index is 12.7. The van der Waals surface area contributed by atoms with Crippen molar-refractivity contribution in [1.29, 1.82) is 5.41 Å². The monoisotopic (exact) mass is 375 g/mol. The largest absolute Gasteiger partial charge is 0.462 e. The number of anilines is 1. The molecule has 1 heterocycles. The van der Waals surface area contributed by atoms with Gasteiger partial charge in [0.25, 0.3) is 0 Å². The van der Waals surface area contributed by atoms with Gasteiger partial charge in [-0.3, -0.25) is 0 Å². The summed E-state index contributed by atoms with van der Waals surface area (Å²) in [6, 6.07) is 3.12. The first-order valence-electron chi connectivity index (χ1n) is 9.29. The van der Waals surface area contributed by atoms with Crippen LogP contribution in [-0.4, -0.2) is 41.9 Å². The molecular weight excluding hydrogens is 346 g/mol. The number of nitrogens with zero attached hydrogens (tertiary/aromatic N) is 1. The molecule has 1 aromatic carbocycles. The number of nitrogens with one attached hydrogen (secondary N) is 1. The first kappa shape index (κ1) is 20.7. The number of hydrogen-bond donors (Lipinski definition) is 2. The lowest BCUT2D eigenvalue weighted by molar-refractivity contribution is 0.00956. The summed E-state index contributed by atoms with van der Waals surface area (Å²) < 4.78 is 10.6. The number of carbonyl (C=O) groups excluding carboxylic acids is 2. The van der Waals surface area contributed by atoms with E-state index in [9.17, 15) is 9.59 Å². The van der Waals surface area contributed by atoms with Crippen molar-refractivity contribution in [3.63, 3.8) is 0 Å². The minimum atomic E-state index is -0.585. The molecule has 1 aromatic rings. The van der Waals surface area contributed by atoms with Crippen LogP contribution in [0.25, 0.3) is 0 Å². The fourth-order valence-electron chi connectivity index (χ4n) is 3.28. The fraction of sp³-hybridized carbons (Fsp3) is 0.550. The van der Waals surface area contributed by atoms with Crippen molar-refractivity contribution in [1.82, 2.24) is 4.90 Å². The van der Waals surface area contributed by atoms with Crippen molar-refractivity contribution in [2.75, 3.05) is 18.9 Å². The highest BCUT2D eigenvalue weighted by Gasteiger charge is 2.33. The third-order valence-electron chi connectivity index (χ3n) is 4.45. The molecule has 0 bridgehead atoms. The minimum absolute atomic E-state index is 0.243. The zero-order chi connectivity index (χ0) is 20.2. The number of hydrogen-bond acceptors (Lipinski definition) is 6. The van der Waals surface area contributed by atoms with Crippen molar-refractivity contribution in [2.45, 2.75) is 58.6 Å². The van der Waals surface area contributed by atoms with Crippen molar-refractivity contribution >= 4 is 24.0 Å². The summed E-state index contributed by atoms with van der Waals surface area (Å²) in [7, 11) is 0. The summed E-state index contributed by atoms with van der Waals surface area (Å²) in [5.74, 6) is -0.512. The van der Waals surface area contributed by atoms with E-state index < -0.39 is 11.6 Å². The van der Waals surface area contributed by atoms with Crippen LogP contribution >= 0.6 is 0 Å². The zero-order valence-electron chi connectivity index (χ0n) is 16.5. The van der Waals surface area contributed by atoms with Crippen LogP contribution in [0.2, 0.25) is 0 Å². The van der Waals surface area contributed by atoms with Gasteiger partial charge in [0.2, 0.25) is 0 Å². The number of amides is 1. The van der Waals surface area contributed by atoms with E-state index in [1.54, 1.807) is 24.0 Å². The first-order chi connectivity index (χ1) is 12.7. The number of nitrogens with two attached hydrogens (primary N) is 1. The summed E-state index contributed by atoms with van der Waals surface area (Å²) in [6.07, 6.45) is 3.29. The molecule has 2 rings (SSSR count). The molecule has 1 atom stereocenters.